The summed E-state index contributed by atoms with van der Waals surface area (Å²) in [5, 5.41) is 9.24. The third-order valence-corrected chi connectivity index (χ3v) is 6.51. The van der Waals surface area contributed by atoms with Crippen LogP contribution in [0.2, 0.25) is 0 Å². The monoisotopic (exact) mass is 654 g/mol. The smallest absolute Gasteiger partial charge is 0.417 e. The molecule has 0 amide bonds. The van der Waals surface area contributed by atoms with Gasteiger partial charge in [0.25, 0.3) is 0 Å². The number of hydrogen-bond acceptors (Lipinski definition) is 12. The van der Waals surface area contributed by atoms with E-state index in [-0.39, 0.29) is 46.2 Å². The van der Waals surface area contributed by atoms with Crippen LogP contribution in [0.4, 0.5) is 0 Å². The number of carboxylic acid groups (broad SMARTS) is 1. The third-order valence-electron chi connectivity index (χ3n) is 6.51. The Morgan fingerprint density at radius 2 is 1.11 bits per heavy atom. The summed E-state index contributed by atoms with van der Waals surface area (Å²) in [6, 6.07) is 0. The van der Waals surface area contributed by atoms with Gasteiger partial charge < -0.3 is 52.5 Å². The molecule has 0 spiro atoms. The molecule has 0 aromatic rings. The molecule has 13 nitrogen and oxygen atoms in total. The number of esters is 1. The third kappa shape index (κ3) is 14.1. The number of carbonyl (C=O) groups is 2. The molecule has 0 aliphatic heterocycles. The van der Waals surface area contributed by atoms with Gasteiger partial charge in [0, 0.05) is 39.6 Å². The maximum Gasteiger partial charge on any atom is 0.417 e. The van der Waals surface area contributed by atoms with Crippen LogP contribution in [0.5, 0.6) is 0 Å². The fraction of sp³-hybridized carbons (Fsp3) is 0.938. The molecular formula is C32H62O13. The van der Waals surface area contributed by atoms with Crippen LogP contribution in [0.3, 0.4) is 0 Å². The van der Waals surface area contributed by atoms with Crippen molar-refractivity contribution in [3.63, 3.8) is 0 Å². The molecule has 0 rings (SSSR count). The van der Waals surface area contributed by atoms with E-state index in [1.807, 2.05) is 6.92 Å². The van der Waals surface area contributed by atoms with Crippen molar-refractivity contribution >= 4 is 11.9 Å². The summed E-state index contributed by atoms with van der Waals surface area (Å²) in [6.45, 7) is 17.5. The lowest BCUT2D eigenvalue weighted by molar-refractivity contribution is -0.564. The highest BCUT2D eigenvalue weighted by Gasteiger charge is 2.66. The van der Waals surface area contributed by atoms with Gasteiger partial charge in [-0.3, -0.25) is 9.59 Å². The van der Waals surface area contributed by atoms with E-state index in [1.165, 1.54) is 0 Å². The van der Waals surface area contributed by atoms with Gasteiger partial charge in [0.2, 0.25) is 12.1 Å². The highest BCUT2D eigenvalue weighted by atomic mass is 17.0. The molecule has 0 aromatic heterocycles. The molecule has 3 unspecified atom stereocenters. The molecule has 0 heterocycles. The van der Waals surface area contributed by atoms with Crippen LogP contribution in [-0.4, -0.2) is 100 Å². The van der Waals surface area contributed by atoms with Gasteiger partial charge in [-0.05, 0) is 61.3 Å². The van der Waals surface area contributed by atoms with Gasteiger partial charge in [0.1, 0.15) is 6.10 Å². The normalized spacial score (nSPS) is 15.0. The number of hydrogen-bond donors (Lipinski definition) is 1. The minimum Gasteiger partial charge on any atom is -0.481 e. The van der Waals surface area contributed by atoms with Crippen molar-refractivity contribution in [1.29, 1.82) is 0 Å². The molecule has 3 atom stereocenters. The summed E-state index contributed by atoms with van der Waals surface area (Å²) in [5.41, 5.74) is 0. The van der Waals surface area contributed by atoms with Crippen molar-refractivity contribution in [3.8, 4) is 0 Å². The maximum atomic E-state index is 13.3. The standard InChI is InChI=1S/C32H62O13/c1-10-18-20-24-37-29(36-12-3)30(38-13-4,39-14-5)26(9)44-32(42-17-8,45-28(35)23-22-27(33)34)31(40-15-6,41-16-7)43-25-21-19-11-2/h26,29H,10-25H2,1-9H3,(H,33,34). The van der Waals surface area contributed by atoms with Gasteiger partial charge in [-0.25, -0.2) is 0 Å². The van der Waals surface area contributed by atoms with Crippen molar-refractivity contribution in [2.45, 2.75) is 144 Å². The lowest BCUT2D eigenvalue weighted by atomic mass is 10.1. The highest BCUT2D eigenvalue weighted by Crippen LogP contribution is 2.41. The molecule has 0 aliphatic carbocycles. The fourth-order valence-corrected chi connectivity index (χ4v) is 4.58. The van der Waals surface area contributed by atoms with Crippen LogP contribution in [0.1, 0.15) is 114 Å². The van der Waals surface area contributed by atoms with Crippen LogP contribution in [0, 0.1) is 0 Å². The molecule has 0 saturated heterocycles. The zero-order valence-electron chi connectivity index (χ0n) is 29.3. The zero-order valence-corrected chi connectivity index (χ0v) is 29.3. The van der Waals surface area contributed by atoms with Crippen molar-refractivity contribution in [1.82, 2.24) is 0 Å². The average Bonchev–Trinajstić information content (AvgIpc) is 2.99. The minimum absolute atomic E-state index is 0.0438. The van der Waals surface area contributed by atoms with E-state index in [0.717, 1.165) is 32.1 Å². The van der Waals surface area contributed by atoms with Gasteiger partial charge in [-0.15, -0.1) is 0 Å². The minimum atomic E-state index is -2.51. The zero-order chi connectivity index (χ0) is 34.2. The number of aliphatic carboxylic acids is 1. The number of carboxylic acids is 1. The lowest BCUT2D eigenvalue weighted by Gasteiger charge is -2.49. The molecule has 0 aromatic carbocycles. The Kier molecular flexibility index (Phi) is 23.9. The second-order valence-electron chi connectivity index (χ2n) is 10.0. The Morgan fingerprint density at radius 1 is 0.600 bits per heavy atom. The van der Waals surface area contributed by atoms with E-state index in [2.05, 4.69) is 13.8 Å². The summed E-state index contributed by atoms with van der Waals surface area (Å²) in [4.78, 5) is 24.6. The van der Waals surface area contributed by atoms with Crippen LogP contribution in [0.15, 0.2) is 0 Å². The quantitative estimate of drug-likeness (QED) is 0.0549. The molecule has 0 radical (unpaired) electrons. The summed E-state index contributed by atoms with van der Waals surface area (Å²) in [6.07, 6.45) is 2.02. The van der Waals surface area contributed by atoms with Crippen LogP contribution >= 0.6 is 0 Å². The van der Waals surface area contributed by atoms with Crippen LogP contribution in [-0.2, 0) is 57.0 Å². The largest absolute Gasteiger partial charge is 0.481 e. The Bertz CT molecular complexity index is 753. The topological polar surface area (TPSA) is 147 Å². The summed E-state index contributed by atoms with van der Waals surface area (Å²) in [5.74, 6) is -8.52. The van der Waals surface area contributed by atoms with Gasteiger partial charge in [-0.1, -0.05) is 39.5 Å². The number of rotatable bonds is 31. The second-order valence-corrected chi connectivity index (χ2v) is 10.0. The van der Waals surface area contributed by atoms with E-state index in [4.69, 9.17) is 47.4 Å². The molecule has 13 heteroatoms. The van der Waals surface area contributed by atoms with E-state index < -0.39 is 54.9 Å². The molecule has 0 bridgehead atoms. The number of carbonyl (C=O) groups excluding carboxylic acids is 1. The Balaban J connectivity index is 7.24. The average molecular weight is 655 g/mol. The SMILES string of the molecule is CCCCCOC(OCC)C(OCC)(OCC)C(C)OC(OCC)(OC(=O)CCC(=O)O)C(OCC)(OCC)OCCCCC. The predicted octanol–water partition coefficient (Wildman–Crippen LogP) is 5.76. The summed E-state index contributed by atoms with van der Waals surface area (Å²) < 4.78 is 61.9. The first kappa shape index (κ1) is 43.6. The Labute approximate surface area is 270 Å². The summed E-state index contributed by atoms with van der Waals surface area (Å²) >= 11 is 0. The van der Waals surface area contributed by atoms with Crippen molar-refractivity contribution in [2.24, 2.45) is 0 Å². The van der Waals surface area contributed by atoms with E-state index >= 15 is 0 Å². The van der Waals surface area contributed by atoms with Gasteiger partial charge in [0.05, 0.1) is 26.1 Å². The predicted molar refractivity (Wildman–Crippen MR) is 166 cm³/mol. The van der Waals surface area contributed by atoms with E-state index in [1.54, 1.807) is 41.5 Å². The number of unbranched alkanes of at least 4 members (excludes halogenated alkanes) is 4. The van der Waals surface area contributed by atoms with Crippen LogP contribution < -0.4 is 0 Å². The Hall–Kier alpha value is -1.42. The first-order valence-electron chi connectivity index (χ1n) is 16.8. The molecular weight excluding hydrogens is 592 g/mol. The summed E-state index contributed by atoms with van der Waals surface area (Å²) in [7, 11) is 0. The first-order chi connectivity index (χ1) is 21.6. The first-order valence-corrected chi connectivity index (χ1v) is 16.8. The molecule has 0 fully saturated rings. The molecule has 268 valence electrons. The van der Waals surface area contributed by atoms with Gasteiger partial charge in [0.15, 0.2) is 0 Å². The second kappa shape index (κ2) is 24.7. The van der Waals surface area contributed by atoms with Crippen molar-refractivity contribution in [3.05, 3.63) is 0 Å². The number of ether oxygens (including phenoxy) is 10. The van der Waals surface area contributed by atoms with E-state index in [0.29, 0.717) is 13.0 Å². The molecule has 1 N–H and O–H groups in total. The van der Waals surface area contributed by atoms with Crippen molar-refractivity contribution < 1.29 is 62.1 Å². The van der Waals surface area contributed by atoms with Gasteiger partial charge in [-0.2, -0.15) is 0 Å². The molecule has 0 aliphatic rings. The van der Waals surface area contributed by atoms with Crippen LogP contribution in [0.25, 0.3) is 0 Å². The van der Waals surface area contributed by atoms with Crippen molar-refractivity contribution in [2.75, 3.05) is 52.9 Å². The van der Waals surface area contributed by atoms with Gasteiger partial charge >= 0.3 is 23.9 Å². The highest BCUT2D eigenvalue weighted by molar-refractivity contribution is 5.76. The molecule has 0 saturated carbocycles. The fourth-order valence-electron chi connectivity index (χ4n) is 4.58. The lowest BCUT2D eigenvalue weighted by Crippen LogP contribution is -2.69. The molecule has 45 heavy (non-hydrogen) atoms. The van der Waals surface area contributed by atoms with E-state index in [9.17, 15) is 14.7 Å². The maximum absolute atomic E-state index is 13.3. The Morgan fingerprint density at radius 3 is 1.58 bits per heavy atom.